The van der Waals surface area contributed by atoms with E-state index in [0.717, 1.165) is 5.56 Å². The van der Waals surface area contributed by atoms with Gasteiger partial charge in [-0.15, -0.1) is 0 Å². The Morgan fingerprint density at radius 1 is 1.35 bits per heavy atom. The second kappa shape index (κ2) is 7.62. The number of hydrogen-bond acceptors (Lipinski definition) is 4. The van der Waals surface area contributed by atoms with E-state index in [1.165, 1.54) is 7.11 Å². The molecule has 1 aromatic rings. The summed E-state index contributed by atoms with van der Waals surface area (Å²) in [4.78, 5) is 25.0. The van der Waals surface area contributed by atoms with Crippen LogP contribution in [0.3, 0.4) is 0 Å². The van der Waals surface area contributed by atoms with Crippen LogP contribution in [0.1, 0.15) is 15.9 Å². The number of nitrogens with two attached hydrogens (primary N) is 1. The monoisotopic (exact) mass is 279 g/mol. The van der Waals surface area contributed by atoms with E-state index in [2.05, 4.69) is 5.32 Å². The summed E-state index contributed by atoms with van der Waals surface area (Å²) in [6.07, 6.45) is -0.620. The second-order valence-corrected chi connectivity index (χ2v) is 4.43. The number of likely N-dealkylation sites (N-methyl/N-ethyl adjacent to an activating group) is 1. The van der Waals surface area contributed by atoms with E-state index in [9.17, 15) is 9.59 Å². The number of rotatable bonds is 6. The predicted octanol–water partition coefficient (Wildman–Crippen LogP) is -0.0217. The van der Waals surface area contributed by atoms with Crippen molar-refractivity contribution in [1.29, 1.82) is 0 Å². The van der Waals surface area contributed by atoms with Gasteiger partial charge in [-0.1, -0.05) is 12.1 Å². The normalized spacial score (nSPS) is 11.8. The number of nitrogens with zero attached hydrogens (tertiary/aromatic N) is 1. The van der Waals surface area contributed by atoms with E-state index in [0.29, 0.717) is 12.1 Å². The quantitative estimate of drug-likeness (QED) is 0.766. The van der Waals surface area contributed by atoms with Crippen LogP contribution in [-0.4, -0.2) is 50.6 Å². The van der Waals surface area contributed by atoms with Gasteiger partial charge in [-0.2, -0.15) is 0 Å². The summed E-state index contributed by atoms with van der Waals surface area (Å²) in [5.74, 6) is -0.297. The standard InChI is InChI=1S/C14H21N3O3/c1-16-13(18)11-6-4-10(5-7-11)9-17(2)14(19)12(8-15)20-3/h4-7,12H,8-9,15H2,1-3H3,(H,16,18). The Morgan fingerprint density at radius 3 is 2.40 bits per heavy atom. The lowest BCUT2D eigenvalue weighted by molar-refractivity contribution is -0.140. The molecule has 0 heterocycles. The Balaban J connectivity index is 2.69. The molecule has 0 aliphatic heterocycles. The van der Waals surface area contributed by atoms with Crippen LogP contribution in [0.5, 0.6) is 0 Å². The van der Waals surface area contributed by atoms with Gasteiger partial charge in [-0.25, -0.2) is 0 Å². The van der Waals surface area contributed by atoms with Gasteiger partial charge in [0.25, 0.3) is 11.8 Å². The highest BCUT2D eigenvalue weighted by atomic mass is 16.5. The summed E-state index contributed by atoms with van der Waals surface area (Å²) >= 11 is 0. The molecule has 0 aliphatic rings. The van der Waals surface area contributed by atoms with Crippen molar-refractivity contribution in [2.45, 2.75) is 12.6 Å². The van der Waals surface area contributed by atoms with Crippen LogP contribution in [0.15, 0.2) is 24.3 Å². The number of nitrogens with one attached hydrogen (secondary N) is 1. The van der Waals surface area contributed by atoms with E-state index >= 15 is 0 Å². The largest absolute Gasteiger partial charge is 0.370 e. The first-order chi connectivity index (χ1) is 9.53. The highest BCUT2D eigenvalue weighted by Crippen LogP contribution is 2.08. The zero-order chi connectivity index (χ0) is 15.1. The average Bonchev–Trinajstić information content (AvgIpc) is 2.48. The molecule has 6 nitrogen and oxygen atoms in total. The molecule has 3 N–H and O–H groups in total. The van der Waals surface area contributed by atoms with Crippen molar-refractivity contribution in [2.24, 2.45) is 5.73 Å². The van der Waals surface area contributed by atoms with Gasteiger partial charge in [-0.05, 0) is 17.7 Å². The molecule has 0 radical (unpaired) electrons. The zero-order valence-corrected chi connectivity index (χ0v) is 12.1. The van der Waals surface area contributed by atoms with Gasteiger partial charge in [0.1, 0.15) is 6.10 Å². The summed E-state index contributed by atoms with van der Waals surface area (Å²) < 4.78 is 5.02. The van der Waals surface area contributed by atoms with Crippen LogP contribution in [0.25, 0.3) is 0 Å². The number of amides is 2. The fourth-order valence-electron chi connectivity index (χ4n) is 1.80. The molecule has 0 fully saturated rings. The SMILES string of the molecule is CNC(=O)c1ccc(CN(C)C(=O)C(CN)OC)cc1. The maximum atomic E-state index is 12.0. The minimum atomic E-state index is -0.620. The van der Waals surface area contributed by atoms with E-state index in [4.69, 9.17) is 10.5 Å². The van der Waals surface area contributed by atoms with E-state index in [1.807, 2.05) is 12.1 Å². The van der Waals surface area contributed by atoms with E-state index < -0.39 is 6.10 Å². The zero-order valence-electron chi connectivity index (χ0n) is 12.1. The Hall–Kier alpha value is -1.92. The molecular weight excluding hydrogens is 258 g/mol. The van der Waals surface area contributed by atoms with Crippen LogP contribution < -0.4 is 11.1 Å². The molecule has 2 amide bonds. The van der Waals surface area contributed by atoms with Crippen LogP contribution >= 0.6 is 0 Å². The first-order valence-electron chi connectivity index (χ1n) is 6.32. The molecule has 0 spiro atoms. The summed E-state index contributed by atoms with van der Waals surface area (Å²) in [5.41, 5.74) is 6.98. The van der Waals surface area contributed by atoms with Crippen molar-refractivity contribution in [3.63, 3.8) is 0 Å². The van der Waals surface area contributed by atoms with Crippen molar-refractivity contribution in [3.8, 4) is 0 Å². The van der Waals surface area contributed by atoms with Gasteiger partial charge in [-0.3, -0.25) is 9.59 Å². The molecule has 20 heavy (non-hydrogen) atoms. The average molecular weight is 279 g/mol. The smallest absolute Gasteiger partial charge is 0.253 e. The van der Waals surface area contributed by atoms with Gasteiger partial charge in [0, 0.05) is 39.9 Å². The highest BCUT2D eigenvalue weighted by Gasteiger charge is 2.20. The topological polar surface area (TPSA) is 84.7 Å². The minimum Gasteiger partial charge on any atom is -0.370 e. The molecule has 0 saturated heterocycles. The fourth-order valence-corrected chi connectivity index (χ4v) is 1.80. The molecule has 0 aliphatic carbocycles. The van der Waals surface area contributed by atoms with Gasteiger partial charge in [0.2, 0.25) is 0 Å². The number of hydrogen-bond donors (Lipinski definition) is 2. The Morgan fingerprint density at radius 2 is 1.95 bits per heavy atom. The lowest BCUT2D eigenvalue weighted by Gasteiger charge is -2.22. The Bertz CT molecular complexity index is 455. The lowest BCUT2D eigenvalue weighted by atomic mass is 10.1. The lowest BCUT2D eigenvalue weighted by Crippen LogP contribution is -2.41. The number of benzene rings is 1. The van der Waals surface area contributed by atoms with Gasteiger partial charge >= 0.3 is 0 Å². The number of carbonyl (C=O) groups is 2. The molecular formula is C14H21N3O3. The molecule has 1 unspecified atom stereocenters. The van der Waals surface area contributed by atoms with Crippen LogP contribution in [0, 0.1) is 0 Å². The molecule has 1 atom stereocenters. The maximum absolute atomic E-state index is 12.0. The van der Waals surface area contributed by atoms with Crippen molar-refractivity contribution in [1.82, 2.24) is 10.2 Å². The van der Waals surface area contributed by atoms with Crippen LogP contribution in [-0.2, 0) is 16.1 Å². The summed E-state index contributed by atoms with van der Waals surface area (Å²) in [5, 5.41) is 2.56. The second-order valence-electron chi connectivity index (χ2n) is 4.43. The summed E-state index contributed by atoms with van der Waals surface area (Å²) in [6.45, 7) is 0.585. The molecule has 0 aromatic heterocycles. The molecule has 1 rings (SSSR count). The van der Waals surface area contributed by atoms with Gasteiger partial charge in [0.05, 0.1) is 0 Å². The van der Waals surface area contributed by atoms with Crippen molar-refractivity contribution >= 4 is 11.8 Å². The first kappa shape index (κ1) is 16.1. The Labute approximate surface area is 118 Å². The molecule has 0 bridgehead atoms. The number of carbonyl (C=O) groups excluding carboxylic acids is 2. The maximum Gasteiger partial charge on any atom is 0.253 e. The number of methoxy groups -OCH3 is 1. The third-order valence-electron chi connectivity index (χ3n) is 3.01. The van der Waals surface area contributed by atoms with Crippen LogP contribution in [0.4, 0.5) is 0 Å². The van der Waals surface area contributed by atoms with Crippen molar-refractivity contribution in [2.75, 3.05) is 27.7 Å². The van der Waals surface area contributed by atoms with E-state index in [1.54, 1.807) is 31.1 Å². The van der Waals surface area contributed by atoms with Gasteiger partial charge in [0.15, 0.2) is 0 Å². The molecule has 110 valence electrons. The minimum absolute atomic E-state index is 0.136. The van der Waals surface area contributed by atoms with Crippen LogP contribution in [0.2, 0.25) is 0 Å². The number of ether oxygens (including phenoxy) is 1. The Kier molecular flexibility index (Phi) is 6.14. The van der Waals surface area contributed by atoms with Crippen molar-refractivity contribution < 1.29 is 14.3 Å². The molecule has 1 aromatic carbocycles. The van der Waals surface area contributed by atoms with Crippen molar-refractivity contribution in [3.05, 3.63) is 35.4 Å². The summed E-state index contributed by atoms with van der Waals surface area (Å²) in [7, 11) is 4.73. The highest BCUT2D eigenvalue weighted by molar-refractivity contribution is 5.93. The summed E-state index contributed by atoms with van der Waals surface area (Å²) in [6, 6.07) is 7.09. The third-order valence-corrected chi connectivity index (χ3v) is 3.01. The predicted molar refractivity (Wildman–Crippen MR) is 76.2 cm³/mol. The molecule has 0 saturated carbocycles. The fraction of sp³-hybridized carbons (Fsp3) is 0.429. The van der Waals surface area contributed by atoms with E-state index in [-0.39, 0.29) is 18.4 Å². The third kappa shape index (κ3) is 4.04. The van der Waals surface area contributed by atoms with Gasteiger partial charge < -0.3 is 20.7 Å². The molecule has 6 heteroatoms. The first-order valence-corrected chi connectivity index (χ1v) is 6.32.